The minimum atomic E-state index is -3.62. The van der Waals surface area contributed by atoms with Crippen LogP contribution >= 0.6 is 11.8 Å². The molecule has 2 aromatic carbocycles. The number of benzene rings is 2. The van der Waals surface area contributed by atoms with E-state index in [2.05, 4.69) is 27.8 Å². The number of hydrogen-bond acceptors (Lipinski definition) is 3. The largest absolute Gasteiger partial charge is 1.00 e. The third-order valence-corrected chi connectivity index (χ3v) is 4.71. The number of allylic oxidation sites excluding steroid dienone is 1. The Labute approximate surface area is 169 Å². The van der Waals surface area contributed by atoms with Crippen LogP contribution in [0.4, 0.5) is 0 Å². The SMILES string of the molecule is C1=CNC=c2ccccc2=C1.Cc1ccc(S(=O)(=O)[N-]Cl)cc1.[Na+]. The number of nitrogens with zero attached hydrogens (tertiary/aromatic N) is 1. The Morgan fingerprint density at radius 2 is 1.62 bits per heavy atom. The van der Waals surface area contributed by atoms with Crippen molar-refractivity contribution >= 4 is 34.1 Å². The molecule has 0 saturated heterocycles. The van der Waals surface area contributed by atoms with E-state index in [4.69, 9.17) is 11.8 Å². The molecule has 0 atom stereocenters. The maximum absolute atomic E-state index is 11.0. The Kier molecular flexibility index (Phi) is 8.76. The van der Waals surface area contributed by atoms with E-state index in [9.17, 15) is 8.42 Å². The van der Waals surface area contributed by atoms with Crippen molar-refractivity contribution in [1.82, 2.24) is 5.32 Å². The van der Waals surface area contributed by atoms with Crippen LogP contribution in [0.3, 0.4) is 0 Å². The molecule has 0 saturated carbocycles. The molecule has 2 aromatic rings. The summed E-state index contributed by atoms with van der Waals surface area (Å²) in [7, 11) is -3.62. The number of rotatable bonds is 2. The van der Waals surface area contributed by atoms with Gasteiger partial charge in [0.05, 0.1) is 0 Å². The van der Waals surface area contributed by atoms with E-state index in [-0.39, 0.29) is 34.5 Å². The maximum Gasteiger partial charge on any atom is 1.00 e. The van der Waals surface area contributed by atoms with Crippen molar-refractivity contribution in [2.45, 2.75) is 11.8 Å². The fourth-order valence-electron chi connectivity index (χ4n) is 1.89. The quantitative estimate of drug-likeness (QED) is 0.728. The second-order valence-electron chi connectivity index (χ2n) is 4.82. The van der Waals surface area contributed by atoms with Crippen LogP contribution in [0, 0.1) is 6.92 Å². The van der Waals surface area contributed by atoms with Gasteiger partial charge in [-0.05, 0) is 35.6 Å². The van der Waals surface area contributed by atoms with E-state index in [1.165, 1.54) is 22.6 Å². The molecule has 0 fully saturated rings. The normalized spacial score (nSPS) is 11.9. The summed E-state index contributed by atoms with van der Waals surface area (Å²) in [5, 5.41) is 5.56. The maximum atomic E-state index is 11.0. The van der Waals surface area contributed by atoms with E-state index >= 15 is 0 Å². The van der Waals surface area contributed by atoms with Gasteiger partial charge in [-0.25, -0.2) is 8.42 Å². The summed E-state index contributed by atoms with van der Waals surface area (Å²) in [6, 6.07) is 14.6. The zero-order chi connectivity index (χ0) is 16.7. The van der Waals surface area contributed by atoms with E-state index < -0.39 is 10.0 Å². The molecule has 0 amide bonds. The molecule has 0 bridgehead atoms. The average Bonchev–Trinajstić information content (AvgIpc) is 2.81. The number of nitrogens with one attached hydrogen (secondary N) is 1. The fourth-order valence-corrected chi connectivity index (χ4v) is 2.69. The molecule has 1 aliphatic heterocycles. The smallest absolute Gasteiger partial charge is 0.458 e. The van der Waals surface area contributed by atoms with Crippen LogP contribution in [-0.4, -0.2) is 8.42 Å². The predicted molar refractivity (Wildman–Crippen MR) is 94.5 cm³/mol. The number of aryl methyl sites for hydroxylation is 1. The number of fused-ring (bicyclic) bond motifs is 1. The summed E-state index contributed by atoms with van der Waals surface area (Å²) in [5.74, 6) is 0. The average molecular weight is 371 g/mol. The van der Waals surface area contributed by atoms with Crippen LogP contribution in [0.1, 0.15) is 5.56 Å². The van der Waals surface area contributed by atoms with Crippen LogP contribution in [0.25, 0.3) is 16.5 Å². The first kappa shape index (κ1) is 21.0. The molecular weight excluding hydrogens is 355 g/mol. The third-order valence-electron chi connectivity index (χ3n) is 3.11. The Morgan fingerprint density at radius 3 is 2.25 bits per heavy atom. The van der Waals surface area contributed by atoms with Crippen LogP contribution < -0.4 is 45.3 Å². The van der Waals surface area contributed by atoms with Gasteiger partial charge in [0, 0.05) is 17.3 Å². The minimum absolute atomic E-state index is 0. The van der Waals surface area contributed by atoms with Crippen molar-refractivity contribution in [3.63, 3.8) is 0 Å². The van der Waals surface area contributed by atoms with Crippen molar-refractivity contribution in [3.05, 3.63) is 81.0 Å². The van der Waals surface area contributed by atoms with Gasteiger partial charge in [0.25, 0.3) is 0 Å². The second-order valence-corrected chi connectivity index (χ2v) is 6.80. The van der Waals surface area contributed by atoms with Gasteiger partial charge < -0.3 is 9.56 Å². The van der Waals surface area contributed by atoms with E-state index in [1.54, 1.807) is 12.1 Å². The van der Waals surface area contributed by atoms with Gasteiger partial charge in [-0.3, -0.25) is 11.8 Å². The molecule has 0 aromatic heterocycles. The van der Waals surface area contributed by atoms with Crippen LogP contribution in [0.2, 0.25) is 0 Å². The zero-order valence-electron chi connectivity index (χ0n) is 13.5. The molecule has 24 heavy (non-hydrogen) atoms. The van der Waals surface area contributed by atoms with Gasteiger partial charge in [-0.2, -0.15) is 0 Å². The van der Waals surface area contributed by atoms with Crippen molar-refractivity contribution in [2.75, 3.05) is 0 Å². The minimum Gasteiger partial charge on any atom is -0.458 e. The summed E-state index contributed by atoms with van der Waals surface area (Å²) in [5.41, 5.74) is 0.989. The number of sulfonamides is 1. The molecule has 7 heteroatoms. The van der Waals surface area contributed by atoms with Crippen molar-refractivity contribution in [2.24, 2.45) is 0 Å². The van der Waals surface area contributed by atoms with Crippen molar-refractivity contribution in [1.29, 1.82) is 0 Å². The van der Waals surface area contributed by atoms with E-state index in [1.807, 2.05) is 37.5 Å². The van der Waals surface area contributed by atoms with E-state index in [0.717, 1.165) is 5.56 Å². The summed E-state index contributed by atoms with van der Waals surface area (Å²) >= 11 is 4.90. The molecule has 0 spiro atoms. The number of halogens is 1. The fraction of sp³-hybridized carbons (Fsp3) is 0.0588. The van der Waals surface area contributed by atoms with Gasteiger partial charge in [0.1, 0.15) is 10.0 Å². The van der Waals surface area contributed by atoms with Crippen LogP contribution in [0.15, 0.2) is 65.7 Å². The van der Waals surface area contributed by atoms with E-state index in [0.29, 0.717) is 0 Å². The Bertz CT molecular complexity index is 910. The van der Waals surface area contributed by atoms with Gasteiger partial charge in [-0.1, -0.05) is 48.0 Å². The summed E-state index contributed by atoms with van der Waals surface area (Å²) in [6.45, 7) is 1.87. The molecule has 1 aliphatic rings. The second kappa shape index (κ2) is 10.0. The Hall–Kier alpha value is -1.08. The summed E-state index contributed by atoms with van der Waals surface area (Å²) in [4.78, 5) is 0.114. The number of hydrogen-bond donors (Lipinski definition) is 1. The molecule has 1 heterocycles. The topological polar surface area (TPSA) is 60.3 Å². The predicted octanol–water partition coefficient (Wildman–Crippen LogP) is -0.463. The molecule has 0 aliphatic carbocycles. The molecule has 0 unspecified atom stereocenters. The first-order valence-electron chi connectivity index (χ1n) is 6.86. The molecular formula is C17H16ClN2NaO2S. The Balaban J connectivity index is 0.000000231. The monoisotopic (exact) mass is 370 g/mol. The van der Waals surface area contributed by atoms with Gasteiger partial charge in [-0.15, -0.1) is 0 Å². The zero-order valence-corrected chi connectivity index (χ0v) is 17.1. The molecule has 0 radical (unpaired) electrons. The third kappa shape index (κ3) is 6.09. The first-order chi connectivity index (χ1) is 11.0. The molecule has 1 N–H and O–H groups in total. The molecule has 120 valence electrons. The Morgan fingerprint density at radius 1 is 1.00 bits per heavy atom. The van der Waals surface area contributed by atoms with Gasteiger partial charge in [0.2, 0.25) is 0 Å². The van der Waals surface area contributed by atoms with Crippen LogP contribution in [0.5, 0.6) is 0 Å². The first-order valence-corrected chi connectivity index (χ1v) is 8.64. The summed E-state index contributed by atoms with van der Waals surface area (Å²) in [6.07, 6.45) is 8.00. The molecule has 4 nitrogen and oxygen atoms in total. The van der Waals surface area contributed by atoms with Crippen molar-refractivity contribution < 1.29 is 38.0 Å². The standard InChI is InChI=1S/C10H9N.C7H7ClNO2S.Na/c1-2-5-10-8-11-7-3-6-9(10)4-1;1-6-2-4-7(5-3-6)12(10,11)9-8;/h1-8,11H;2-5H,1H3;/q;-1;+1. The van der Waals surface area contributed by atoms with Crippen molar-refractivity contribution in [3.8, 4) is 0 Å². The van der Waals surface area contributed by atoms with Gasteiger partial charge >= 0.3 is 29.6 Å². The summed E-state index contributed by atoms with van der Waals surface area (Å²) < 4.78 is 24.8. The van der Waals surface area contributed by atoms with Crippen LogP contribution in [-0.2, 0) is 10.0 Å². The molecule has 3 rings (SSSR count). The van der Waals surface area contributed by atoms with Gasteiger partial charge in [0.15, 0.2) is 0 Å².